The van der Waals surface area contributed by atoms with Crippen molar-refractivity contribution < 1.29 is 0 Å². The van der Waals surface area contributed by atoms with Gasteiger partial charge in [0.15, 0.2) is 5.69 Å². The number of benzene rings is 6. The quantitative estimate of drug-likeness (QED) is 0.185. The highest BCUT2D eigenvalue weighted by Gasteiger charge is 2.17. The Labute approximate surface area is 272 Å². The van der Waals surface area contributed by atoms with Crippen molar-refractivity contribution in [2.24, 2.45) is 0 Å². The smallest absolute Gasteiger partial charge is 0.187 e. The summed E-state index contributed by atoms with van der Waals surface area (Å²) in [7, 11) is 0. The standard InChI is InChI=1S/C43H26N4/c1-45-36-20-16-33(17-21-36)41-27-37(26-40(46-41)32-14-12-29(28-44)13-15-32)47-42-22-18-34(30-8-4-2-5-9-30)24-38(42)39-25-35(19-23-43(39)47)31-10-6-3-7-11-31/h2-27H. The molecule has 0 saturated carbocycles. The van der Waals surface area contributed by atoms with Gasteiger partial charge in [-0.25, -0.2) is 9.83 Å². The van der Waals surface area contributed by atoms with Crippen LogP contribution in [-0.2, 0) is 0 Å². The molecular weight excluding hydrogens is 573 g/mol. The van der Waals surface area contributed by atoms with E-state index in [-0.39, 0.29) is 0 Å². The fourth-order valence-electron chi connectivity index (χ4n) is 6.29. The first-order chi connectivity index (χ1) is 23.2. The van der Waals surface area contributed by atoms with E-state index in [1.165, 1.54) is 21.9 Å². The minimum absolute atomic E-state index is 0.586. The number of rotatable bonds is 5. The molecule has 0 fully saturated rings. The first-order valence-electron chi connectivity index (χ1n) is 15.4. The van der Waals surface area contributed by atoms with Gasteiger partial charge < -0.3 is 4.57 Å². The molecule has 0 spiro atoms. The van der Waals surface area contributed by atoms with Crippen LogP contribution in [0.1, 0.15) is 5.56 Å². The van der Waals surface area contributed by atoms with E-state index in [0.717, 1.165) is 50.4 Å². The third kappa shape index (κ3) is 5.11. The monoisotopic (exact) mass is 598 g/mol. The van der Waals surface area contributed by atoms with Gasteiger partial charge in [-0.15, -0.1) is 0 Å². The Balaban J connectivity index is 1.40. The van der Waals surface area contributed by atoms with Gasteiger partial charge in [0.05, 0.1) is 46.3 Å². The largest absolute Gasteiger partial charge is 0.309 e. The number of nitriles is 1. The van der Waals surface area contributed by atoms with Crippen LogP contribution in [0, 0.1) is 17.9 Å². The number of hydrogen-bond acceptors (Lipinski definition) is 2. The van der Waals surface area contributed by atoms with Crippen LogP contribution in [0.25, 0.3) is 77.1 Å². The number of pyridine rings is 1. The predicted molar refractivity (Wildman–Crippen MR) is 191 cm³/mol. The van der Waals surface area contributed by atoms with Gasteiger partial charge in [-0.2, -0.15) is 5.26 Å². The van der Waals surface area contributed by atoms with Gasteiger partial charge in [0.1, 0.15) is 0 Å². The molecule has 47 heavy (non-hydrogen) atoms. The molecule has 0 aliphatic heterocycles. The average molecular weight is 599 g/mol. The lowest BCUT2D eigenvalue weighted by atomic mass is 10.0. The Bertz CT molecular complexity index is 2320. The highest BCUT2D eigenvalue weighted by molar-refractivity contribution is 6.11. The molecule has 6 aromatic carbocycles. The van der Waals surface area contributed by atoms with Gasteiger partial charge in [-0.05, 0) is 76.3 Å². The molecule has 0 amide bonds. The summed E-state index contributed by atoms with van der Waals surface area (Å²) in [6, 6.07) is 55.9. The summed E-state index contributed by atoms with van der Waals surface area (Å²) >= 11 is 0. The van der Waals surface area contributed by atoms with Crippen LogP contribution in [0.4, 0.5) is 5.69 Å². The zero-order valence-corrected chi connectivity index (χ0v) is 25.3. The zero-order chi connectivity index (χ0) is 31.7. The molecule has 0 aliphatic rings. The van der Waals surface area contributed by atoms with Crippen LogP contribution in [0.3, 0.4) is 0 Å². The molecule has 0 atom stereocenters. The molecule has 2 aromatic heterocycles. The fraction of sp³-hybridized carbons (Fsp3) is 0. The Morgan fingerprint density at radius 1 is 0.511 bits per heavy atom. The number of fused-ring (bicyclic) bond motifs is 3. The molecule has 0 unspecified atom stereocenters. The van der Waals surface area contributed by atoms with Crippen molar-refractivity contribution in [1.29, 1.82) is 5.26 Å². The third-order valence-corrected chi connectivity index (χ3v) is 8.65. The summed E-state index contributed by atoms with van der Waals surface area (Å²) in [6.45, 7) is 7.40. The SMILES string of the molecule is [C-]#[N+]c1ccc(-c2cc(-n3c4ccc(-c5ccccc5)cc4c4cc(-c5ccccc5)ccc43)cc(-c3ccc(C#N)cc3)n2)cc1. The highest BCUT2D eigenvalue weighted by atomic mass is 15.0. The first kappa shape index (κ1) is 27.8. The minimum Gasteiger partial charge on any atom is -0.309 e. The first-order valence-corrected chi connectivity index (χ1v) is 15.4. The summed E-state index contributed by atoms with van der Waals surface area (Å²) in [5.41, 5.74) is 12.5. The Morgan fingerprint density at radius 2 is 0.979 bits per heavy atom. The molecule has 0 radical (unpaired) electrons. The number of hydrogen-bond donors (Lipinski definition) is 0. The van der Waals surface area contributed by atoms with Gasteiger partial charge in [0, 0.05) is 16.3 Å². The average Bonchev–Trinajstić information content (AvgIpc) is 3.48. The van der Waals surface area contributed by atoms with E-state index in [0.29, 0.717) is 11.3 Å². The molecule has 8 aromatic rings. The molecule has 0 aliphatic carbocycles. The molecule has 4 heteroatoms. The van der Waals surface area contributed by atoms with Gasteiger partial charge in [0.2, 0.25) is 0 Å². The summed E-state index contributed by atoms with van der Waals surface area (Å²) in [5, 5.41) is 11.7. The zero-order valence-electron chi connectivity index (χ0n) is 25.3. The van der Waals surface area contributed by atoms with E-state index in [1.807, 2.05) is 60.7 Å². The van der Waals surface area contributed by atoms with Gasteiger partial charge >= 0.3 is 0 Å². The van der Waals surface area contributed by atoms with E-state index in [9.17, 15) is 5.26 Å². The maximum atomic E-state index is 9.40. The van der Waals surface area contributed by atoms with Crippen LogP contribution in [0.2, 0.25) is 0 Å². The molecule has 218 valence electrons. The van der Waals surface area contributed by atoms with Crippen LogP contribution < -0.4 is 0 Å². The van der Waals surface area contributed by atoms with Crippen LogP contribution in [0.15, 0.2) is 158 Å². The van der Waals surface area contributed by atoms with Gasteiger partial charge in [-0.1, -0.05) is 109 Å². The normalized spacial score (nSPS) is 10.9. The molecule has 0 saturated heterocycles. The Morgan fingerprint density at radius 3 is 1.45 bits per heavy atom. The highest BCUT2D eigenvalue weighted by Crippen LogP contribution is 2.38. The Kier molecular flexibility index (Phi) is 6.88. The summed E-state index contributed by atoms with van der Waals surface area (Å²) in [6.07, 6.45) is 0. The van der Waals surface area contributed by atoms with Crippen LogP contribution >= 0.6 is 0 Å². The van der Waals surface area contributed by atoms with Crippen molar-refractivity contribution in [3.63, 3.8) is 0 Å². The van der Waals surface area contributed by atoms with E-state index in [1.54, 1.807) is 0 Å². The molecule has 0 N–H and O–H groups in total. The molecule has 0 bridgehead atoms. The maximum Gasteiger partial charge on any atom is 0.187 e. The maximum absolute atomic E-state index is 9.40. The van der Waals surface area contributed by atoms with Gasteiger partial charge in [0.25, 0.3) is 0 Å². The summed E-state index contributed by atoms with van der Waals surface area (Å²) in [4.78, 5) is 8.66. The van der Waals surface area contributed by atoms with Crippen molar-refractivity contribution in [2.75, 3.05) is 0 Å². The van der Waals surface area contributed by atoms with E-state index in [2.05, 4.69) is 113 Å². The summed E-state index contributed by atoms with van der Waals surface area (Å²) < 4.78 is 2.32. The van der Waals surface area contributed by atoms with Crippen molar-refractivity contribution >= 4 is 27.5 Å². The second-order valence-corrected chi connectivity index (χ2v) is 11.5. The number of nitrogens with zero attached hydrogens (tertiary/aromatic N) is 4. The Hall–Kier alpha value is -6.75. The van der Waals surface area contributed by atoms with E-state index < -0.39 is 0 Å². The number of aromatic nitrogens is 2. The third-order valence-electron chi connectivity index (χ3n) is 8.65. The van der Waals surface area contributed by atoms with Crippen molar-refractivity contribution in [1.82, 2.24) is 9.55 Å². The van der Waals surface area contributed by atoms with E-state index in [4.69, 9.17) is 11.6 Å². The lowest BCUT2D eigenvalue weighted by molar-refractivity contribution is 1.16. The molecule has 2 heterocycles. The van der Waals surface area contributed by atoms with Crippen LogP contribution in [0.5, 0.6) is 0 Å². The fourth-order valence-corrected chi connectivity index (χ4v) is 6.29. The predicted octanol–water partition coefficient (Wildman–Crippen LogP) is 11.3. The second-order valence-electron chi connectivity index (χ2n) is 11.5. The van der Waals surface area contributed by atoms with Gasteiger partial charge in [-0.3, -0.25) is 0 Å². The minimum atomic E-state index is 0.586. The topological polar surface area (TPSA) is 46.0 Å². The van der Waals surface area contributed by atoms with Crippen molar-refractivity contribution in [2.45, 2.75) is 0 Å². The molecule has 8 rings (SSSR count). The molecular formula is C43H26N4. The second kappa shape index (κ2) is 11.6. The summed E-state index contributed by atoms with van der Waals surface area (Å²) in [5.74, 6) is 0. The van der Waals surface area contributed by atoms with E-state index >= 15 is 0 Å². The molecule has 4 nitrogen and oxygen atoms in total. The van der Waals surface area contributed by atoms with Crippen LogP contribution in [-0.4, -0.2) is 9.55 Å². The lowest BCUT2D eigenvalue weighted by Crippen LogP contribution is -1.98. The lowest BCUT2D eigenvalue weighted by Gasteiger charge is -2.14. The van der Waals surface area contributed by atoms with Crippen molar-refractivity contribution in [3.8, 4) is 56.5 Å². The van der Waals surface area contributed by atoms with Crippen molar-refractivity contribution in [3.05, 3.63) is 175 Å².